The zero-order chi connectivity index (χ0) is 13.2. The lowest BCUT2D eigenvalue weighted by molar-refractivity contribution is 0.0928. The van der Waals surface area contributed by atoms with Crippen molar-refractivity contribution in [1.82, 2.24) is 15.5 Å². The van der Waals surface area contributed by atoms with Crippen LogP contribution < -0.4 is 11.1 Å². The first-order valence-corrected chi connectivity index (χ1v) is 7.26. The summed E-state index contributed by atoms with van der Waals surface area (Å²) >= 11 is 1.61. The van der Waals surface area contributed by atoms with Crippen molar-refractivity contribution in [1.29, 1.82) is 0 Å². The van der Waals surface area contributed by atoms with Crippen molar-refractivity contribution in [2.24, 2.45) is 11.7 Å². The van der Waals surface area contributed by atoms with E-state index in [4.69, 9.17) is 5.73 Å². The van der Waals surface area contributed by atoms with Gasteiger partial charge in [0.15, 0.2) is 5.69 Å². The van der Waals surface area contributed by atoms with Gasteiger partial charge in [-0.25, -0.2) is 0 Å². The number of carbonyl (C=O) groups excluding carboxylic acids is 1. The van der Waals surface area contributed by atoms with Gasteiger partial charge in [-0.05, 0) is 36.3 Å². The molecule has 0 aliphatic heterocycles. The van der Waals surface area contributed by atoms with E-state index in [0.717, 1.165) is 23.4 Å². The molecular weight excluding hydrogens is 296 g/mol. The molecule has 5 nitrogen and oxygen atoms in total. The molecular formula is C13H17ClN4OS. The van der Waals surface area contributed by atoms with Gasteiger partial charge in [-0.15, -0.1) is 23.7 Å². The summed E-state index contributed by atoms with van der Waals surface area (Å²) in [6.45, 7) is 0.485. The number of nitrogens with two attached hydrogens (primary N) is 1. The maximum absolute atomic E-state index is 12.1. The minimum Gasteiger partial charge on any atom is -0.346 e. The lowest BCUT2D eigenvalue weighted by Crippen LogP contribution is -2.41. The number of thiophene rings is 1. The fourth-order valence-electron chi connectivity index (χ4n) is 2.11. The maximum atomic E-state index is 12.1. The molecule has 1 atom stereocenters. The fraction of sp³-hybridized carbons (Fsp3) is 0.385. The molecule has 2 aromatic heterocycles. The van der Waals surface area contributed by atoms with Crippen LogP contribution in [0.4, 0.5) is 0 Å². The standard InChI is InChI=1S/C13H16N4OS.ClH/c14-7-11(8-3-4-8)15-13(18)10-6-9(16-17-10)12-2-1-5-19-12;/h1-2,5-6,8,11H,3-4,7,14H2,(H,15,18)(H,16,17);1H. The van der Waals surface area contributed by atoms with E-state index in [9.17, 15) is 4.79 Å². The number of hydrogen-bond donors (Lipinski definition) is 3. The first-order valence-electron chi connectivity index (χ1n) is 6.38. The number of amides is 1. The Kier molecular flexibility index (Phi) is 4.80. The largest absolute Gasteiger partial charge is 0.346 e. The second kappa shape index (κ2) is 6.39. The highest BCUT2D eigenvalue weighted by molar-refractivity contribution is 7.13. The Morgan fingerprint density at radius 1 is 1.60 bits per heavy atom. The van der Waals surface area contributed by atoms with Crippen LogP contribution in [-0.4, -0.2) is 28.7 Å². The maximum Gasteiger partial charge on any atom is 0.272 e. The molecule has 2 aromatic rings. The van der Waals surface area contributed by atoms with Crippen LogP contribution in [-0.2, 0) is 0 Å². The van der Waals surface area contributed by atoms with Gasteiger partial charge in [-0.3, -0.25) is 9.89 Å². The normalized spacial score (nSPS) is 15.4. The predicted octanol–water partition coefficient (Wildman–Crippen LogP) is 2.03. The number of rotatable bonds is 5. The monoisotopic (exact) mass is 312 g/mol. The Morgan fingerprint density at radius 2 is 2.40 bits per heavy atom. The van der Waals surface area contributed by atoms with E-state index in [1.54, 1.807) is 17.4 Å². The average molecular weight is 313 g/mol. The second-order valence-corrected chi connectivity index (χ2v) is 5.74. The Morgan fingerprint density at radius 3 is 3.00 bits per heavy atom. The van der Waals surface area contributed by atoms with Crippen LogP contribution in [0.2, 0.25) is 0 Å². The summed E-state index contributed by atoms with van der Waals surface area (Å²) in [5, 5.41) is 11.9. The number of nitrogens with zero attached hydrogens (tertiary/aromatic N) is 1. The second-order valence-electron chi connectivity index (χ2n) is 4.80. The molecule has 2 heterocycles. The third kappa shape index (κ3) is 3.20. The summed E-state index contributed by atoms with van der Waals surface area (Å²) in [5.41, 5.74) is 6.97. The Labute approximate surface area is 127 Å². The number of halogens is 1. The van der Waals surface area contributed by atoms with Gasteiger partial charge in [0.25, 0.3) is 5.91 Å². The zero-order valence-electron chi connectivity index (χ0n) is 10.8. The summed E-state index contributed by atoms with van der Waals surface area (Å²) in [5.74, 6) is 0.395. The van der Waals surface area contributed by atoms with Gasteiger partial charge in [0, 0.05) is 12.6 Å². The van der Waals surface area contributed by atoms with Crippen LogP contribution in [0.25, 0.3) is 10.6 Å². The third-order valence-corrected chi connectivity index (χ3v) is 4.26. The van der Waals surface area contributed by atoms with E-state index in [0.29, 0.717) is 18.2 Å². The SMILES string of the molecule is Cl.NCC(NC(=O)c1cc(-c2cccs2)[nH]n1)C1CC1. The van der Waals surface area contributed by atoms with Crippen LogP contribution in [0.3, 0.4) is 0 Å². The summed E-state index contributed by atoms with van der Waals surface area (Å²) < 4.78 is 0. The first-order chi connectivity index (χ1) is 9.28. The molecule has 1 saturated carbocycles. The van der Waals surface area contributed by atoms with Crippen LogP contribution in [0.5, 0.6) is 0 Å². The van der Waals surface area contributed by atoms with Crippen LogP contribution >= 0.6 is 23.7 Å². The van der Waals surface area contributed by atoms with Crippen molar-refractivity contribution < 1.29 is 4.79 Å². The quantitative estimate of drug-likeness (QED) is 0.790. The number of carbonyl (C=O) groups is 1. The van der Waals surface area contributed by atoms with Crippen molar-refractivity contribution in [2.45, 2.75) is 18.9 Å². The highest BCUT2D eigenvalue weighted by Crippen LogP contribution is 2.32. The van der Waals surface area contributed by atoms with Crippen molar-refractivity contribution in [3.63, 3.8) is 0 Å². The lowest BCUT2D eigenvalue weighted by Gasteiger charge is -2.14. The van der Waals surface area contributed by atoms with Crippen LogP contribution in [0.1, 0.15) is 23.3 Å². The fourth-order valence-corrected chi connectivity index (χ4v) is 2.80. The number of aromatic amines is 1. The average Bonchev–Trinajstić information content (AvgIpc) is 2.95. The van der Waals surface area contributed by atoms with Gasteiger partial charge in [-0.2, -0.15) is 5.10 Å². The zero-order valence-corrected chi connectivity index (χ0v) is 12.5. The number of H-pyrrole nitrogens is 1. The van der Waals surface area contributed by atoms with E-state index in [1.807, 2.05) is 17.5 Å². The Bertz CT molecular complexity index is 565. The molecule has 1 fully saturated rings. The van der Waals surface area contributed by atoms with Gasteiger partial charge in [-0.1, -0.05) is 6.07 Å². The van der Waals surface area contributed by atoms with Gasteiger partial charge >= 0.3 is 0 Å². The minimum absolute atomic E-state index is 0. The van der Waals surface area contributed by atoms with Crippen molar-refractivity contribution in [3.05, 3.63) is 29.3 Å². The molecule has 7 heteroatoms. The first kappa shape index (κ1) is 15.0. The van der Waals surface area contributed by atoms with Crippen LogP contribution in [0, 0.1) is 5.92 Å². The Hall–Kier alpha value is -1.37. The summed E-state index contributed by atoms with van der Waals surface area (Å²) in [6, 6.07) is 5.82. The Balaban J connectivity index is 0.00000147. The topological polar surface area (TPSA) is 83.8 Å². The van der Waals surface area contributed by atoms with Crippen molar-refractivity contribution >= 4 is 29.7 Å². The van der Waals surface area contributed by atoms with Gasteiger partial charge in [0.2, 0.25) is 0 Å². The molecule has 20 heavy (non-hydrogen) atoms. The van der Waals surface area contributed by atoms with E-state index in [2.05, 4.69) is 15.5 Å². The highest BCUT2D eigenvalue weighted by atomic mass is 35.5. The van der Waals surface area contributed by atoms with Crippen molar-refractivity contribution in [3.8, 4) is 10.6 Å². The van der Waals surface area contributed by atoms with Gasteiger partial charge < -0.3 is 11.1 Å². The van der Waals surface area contributed by atoms with E-state index < -0.39 is 0 Å². The van der Waals surface area contributed by atoms with Gasteiger partial charge in [0.05, 0.1) is 10.6 Å². The van der Waals surface area contributed by atoms with Crippen LogP contribution in [0.15, 0.2) is 23.6 Å². The molecule has 0 saturated heterocycles. The molecule has 0 spiro atoms. The number of hydrogen-bond acceptors (Lipinski definition) is 4. The third-order valence-electron chi connectivity index (χ3n) is 3.36. The predicted molar refractivity (Wildman–Crippen MR) is 82.2 cm³/mol. The minimum atomic E-state index is -0.151. The molecule has 1 aliphatic carbocycles. The lowest BCUT2D eigenvalue weighted by atomic mass is 10.2. The van der Waals surface area contributed by atoms with Gasteiger partial charge in [0.1, 0.15) is 0 Å². The molecule has 0 aromatic carbocycles. The van der Waals surface area contributed by atoms with E-state index >= 15 is 0 Å². The summed E-state index contributed by atoms with van der Waals surface area (Å²) in [6.07, 6.45) is 2.31. The number of nitrogens with one attached hydrogen (secondary N) is 2. The summed E-state index contributed by atoms with van der Waals surface area (Å²) in [4.78, 5) is 13.2. The molecule has 108 valence electrons. The smallest absolute Gasteiger partial charge is 0.272 e. The van der Waals surface area contributed by atoms with E-state index in [-0.39, 0.29) is 24.4 Å². The molecule has 1 amide bonds. The highest BCUT2D eigenvalue weighted by Gasteiger charge is 2.31. The van der Waals surface area contributed by atoms with E-state index in [1.165, 1.54) is 0 Å². The molecule has 3 rings (SSSR count). The molecule has 0 bridgehead atoms. The molecule has 1 unspecified atom stereocenters. The van der Waals surface area contributed by atoms with Crippen molar-refractivity contribution in [2.75, 3.05) is 6.54 Å². The number of aromatic nitrogens is 2. The molecule has 4 N–H and O–H groups in total. The molecule has 0 radical (unpaired) electrons. The summed E-state index contributed by atoms with van der Waals surface area (Å²) in [7, 11) is 0. The molecule has 1 aliphatic rings.